The predicted octanol–water partition coefficient (Wildman–Crippen LogP) is 3.79. The zero-order chi connectivity index (χ0) is 18.5. The molecule has 140 valence electrons. The van der Waals surface area contributed by atoms with Crippen molar-refractivity contribution in [2.24, 2.45) is 5.92 Å². The number of nitrogens with zero attached hydrogens (tertiary/aromatic N) is 2. The van der Waals surface area contributed by atoms with Gasteiger partial charge in [-0.3, -0.25) is 4.79 Å². The molecule has 1 aliphatic carbocycles. The number of carbonyl (C=O) groups excluding carboxylic acids is 1. The van der Waals surface area contributed by atoms with Crippen molar-refractivity contribution in [2.45, 2.75) is 58.7 Å². The van der Waals surface area contributed by atoms with E-state index in [1.807, 2.05) is 31.2 Å². The van der Waals surface area contributed by atoms with Crippen LogP contribution < -0.4 is 10.1 Å². The van der Waals surface area contributed by atoms with Gasteiger partial charge in [0.25, 0.3) is 10.7 Å². The number of ether oxygens (including phenoxy) is 1. The summed E-state index contributed by atoms with van der Waals surface area (Å²) in [4.78, 5) is 12.5. The molecule has 0 unspecified atom stereocenters. The van der Waals surface area contributed by atoms with Crippen LogP contribution in [0, 0.1) is 17.7 Å². The van der Waals surface area contributed by atoms with Crippen LogP contribution in [-0.4, -0.2) is 21.7 Å². The molecule has 1 fully saturated rings. The van der Waals surface area contributed by atoms with Crippen LogP contribution in [0.15, 0.2) is 28.7 Å². The highest BCUT2D eigenvalue weighted by Gasteiger charge is 2.23. The Labute approximate surface area is 158 Å². The number of nitrogens with one attached hydrogen (secondary N) is 1. The molecule has 0 bridgehead atoms. The molecule has 2 aromatic rings. The average Bonchev–Trinajstić information content (AvgIpc) is 2.96. The van der Waals surface area contributed by atoms with Gasteiger partial charge in [-0.25, -0.2) is 4.68 Å². The Kier molecular flexibility index (Phi) is 6.08. The van der Waals surface area contributed by atoms with Gasteiger partial charge in [-0.1, -0.05) is 38.0 Å². The van der Waals surface area contributed by atoms with Crippen LogP contribution in [0.2, 0.25) is 0 Å². The molecule has 0 radical (unpaired) electrons. The third-order valence-electron chi connectivity index (χ3n) is 4.84. The van der Waals surface area contributed by atoms with Gasteiger partial charge in [-0.15, -0.1) is 5.10 Å². The van der Waals surface area contributed by atoms with Gasteiger partial charge in [-0.2, -0.15) is 0 Å². The molecule has 1 aromatic carbocycles. The summed E-state index contributed by atoms with van der Waals surface area (Å²) in [6.07, 6.45) is 4.60. The molecule has 0 spiro atoms. The Balaban J connectivity index is 1.56. The molecule has 1 aliphatic rings. The van der Waals surface area contributed by atoms with Gasteiger partial charge >= 0.3 is 0 Å². The summed E-state index contributed by atoms with van der Waals surface area (Å²) in [5.41, 5.74) is 1.03. The van der Waals surface area contributed by atoms with E-state index < -0.39 is 0 Å². The smallest absolute Gasteiger partial charge is 0.287 e. The lowest BCUT2D eigenvalue weighted by Gasteiger charge is -2.29. The van der Waals surface area contributed by atoms with Crippen molar-refractivity contribution in [3.63, 3.8) is 0 Å². The third-order valence-corrected chi connectivity index (χ3v) is 5.14. The van der Waals surface area contributed by atoms with Crippen LogP contribution >= 0.6 is 12.2 Å². The number of rotatable bonds is 6. The normalized spacial score (nSPS) is 19.9. The fraction of sp³-hybridized carbons (Fsp3) is 0.526. The van der Waals surface area contributed by atoms with Gasteiger partial charge in [0.2, 0.25) is 5.91 Å². The lowest BCUT2D eigenvalue weighted by molar-refractivity contribution is -0.123. The lowest BCUT2D eigenvalue weighted by atomic mass is 9.86. The summed E-state index contributed by atoms with van der Waals surface area (Å²) in [7, 11) is 0. The maximum Gasteiger partial charge on any atom is 0.287 e. The number of amides is 1. The summed E-state index contributed by atoms with van der Waals surface area (Å²) in [5.74, 6) is 1.56. The molecule has 2 atom stereocenters. The van der Waals surface area contributed by atoms with E-state index in [0.29, 0.717) is 11.8 Å². The summed E-state index contributed by atoms with van der Waals surface area (Å²) in [6.45, 7) is 4.39. The van der Waals surface area contributed by atoms with Crippen molar-refractivity contribution < 1.29 is 13.9 Å². The second kappa shape index (κ2) is 8.49. The van der Waals surface area contributed by atoms with Crippen molar-refractivity contribution in [2.75, 3.05) is 0 Å². The van der Waals surface area contributed by atoms with E-state index in [4.69, 9.17) is 21.4 Å². The number of para-hydroxylation sites is 1. The quantitative estimate of drug-likeness (QED) is 0.778. The molecule has 26 heavy (non-hydrogen) atoms. The van der Waals surface area contributed by atoms with E-state index in [2.05, 4.69) is 17.3 Å². The van der Waals surface area contributed by atoms with Crippen LogP contribution in [0.3, 0.4) is 0 Å². The number of aromatic nitrogens is 2. The first kappa shape index (κ1) is 18.6. The maximum atomic E-state index is 12.3. The second-order valence-electron chi connectivity index (χ2n) is 6.91. The van der Waals surface area contributed by atoms with Gasteiger partial charge in [0.05, 0.1) is 0 Å². The minimum Gasteiger partial charge on any atom is -0.484 e. The molecule has 7 heteroatoms. The molecular weight excluding hydrogens is 350 g/mol. The monoisotopic (exact) mass is 375 g/mol. The van der Waals surface area contributed by atoms with E-state index in [0.717, 1.165) is 24.2 Å². The van der Waals surface area contributed by atoms with E-state index in [1.54, 1.807) is 0 Å². The lowest BCUT2D eigenvalue weighted by Crippen LogP contribution is -2.42. The van der Waals surface area contributed by atoms with Gasteiger partial charge in [0.15, 0.2) is 6.61 Å². The Morgan fingerprint density at radius 1 is 1.38 bits per heavy atom. The van der Waals surface area contributed by atoms with Crippen LogP contribution in [0.4, 0.5) is 0 Å². The van der Waals surface area contributed by atoms with Crippen molar-refractivity contribution in [1.29, 1.82) is 0 Å². The highest BCUT2D eigenvalue weighted by molar-refractivity contribution is 7.71. The zero-order valence-corrected chi connectivity index (χ0v) is 16.1. The largest absolute Gasteiger partial charge is 0.484 e. The number of hydrogen-bond acceptors (Lipinski definition) is 5. The molecule has 1 saturated carbocycles. The zero-order valence-electron chi connectivity index (χ0n) is 15.2. The second-order valence-corrected chi connectivity index (χ2v) is 7.26. The number of aryl methyl sites for hydroxylation is 1. The van der Waals surface area contributed by atoms with Crippen molar-refractivity contribution in [1.82, 2.24) is 15.1 Å². The van der Waals surface area contributed by atoms with Crippen LogP contribution in [0.5, 0.6) is 5.75 Å². The number of carbonyl (C=O) groups is 1. The molecule has 1 N–H and O–H groups in total. The summed E-state index contributed by atoms with van der Waals surface area (Å²) < 4.78 is 12.6. The first-order valence-corrected chi connectivity index (χ1v) is 9.48. The maximum absolute atomic E-state index is 12.3. The Morgan fingerprint density at radius 2 is 2.15 bits per heavy atom. The van der Waals surface area contributed by atoms with Crippen LogP contribution in [-0.2, 0) is 17.9 Å². The summed E-state index contributed by atoms with van der Waals surface area (Å²) in [6, 6.07) is 7.96. The summed E-state index contributed by atoms with van der Waals surface area (Å²) >= 11 is 5.17. The van der Waals surface area contributed by atoms with Gasteiger partial charge in [-0.05, 0) is 49.5 Å². The van der Waals surface area contributed by atoms with Crippen molar-refractivity contribution in [3.8, 4) is 5.75 Å². The van der Waals surface area contributed by atoms with E-state index in [1.165, 1.54) is 17.5 Å². The fourth-order valence-electron chi connectivity index (χ4n) is 3.28. The van der Waals surface area contributed by atoms with E-state index in [9.17, 15) is 4.79 Å². The van der Waals surface area contributed by atoms with Crippen LogP contribution in [0.1, 0.15) is 44.1 Å². The molecule has 1 heterocycles. The predicted molar refractivity (Wildman–Crippen MR) is 100 cm³/mol. The Bertz CT molecular complexity index is 814. The molecule has 0 saturated heterocycles. The number of benzene rings is 1. The van der Waals surface area contributed by atoms with Gasteiger partial charge in [0.1, 0.15) is 12.3 Å². The minimum absolute atomic E-state index is 0.0654. The molecule has 0 aliphatic heterocycles. The molecule has 6 nitrogen and oxygen atoms in total. The SMILES string of the molecule is Cc1ccccc1OCc1nn(CC(=O)N[C@@H]2CCCC[C@@H]2C)c(=S)o1. The van der Waals surface area contributed by atoms with Crippen molar-refractivity contribution >= 4 is 18.1 Å². The highest BCUT2D eigenvalue weighted by Crippen LogP contribution is 2.23. The topological polar surface area (TPSA) is 69.3 Å². The minimum atomic E-state index is -0.0838. The van der Waals surface area contributed by atoms with E-state index >= 15 is 0 Å². The van der Waals surface area contributed by atoms with E-state index in [-0.39, 0.29) is 29.9 Å². The first-order valence-electron chi connectivity index (χ1n) is 9.07. The van der Waals surface area contributed by atoms with Crippen molar-refractivity contribution in [3.05, 3.63) is 40.6 Å². The standard InChI is InChI=1S/C19H25N3O3S/c1-13-7-3-5-9-15(13)20-17(23)11-22-19(26)25-18(21-22)12-24-16-10-6-4-8-14(16)2/h4,6,8,10,13,15H,3,5,7,9,11-12H2,1-2H3,(H,20,23)/t13-,15+/m0/s1. The highest BCUT2D eigenvalue weighted by atomic mass is 32.1. The third kappa shape index (κ3) is 4.72. The first-order chi connectivity index (χ1) is 12.5. The Morgan fingerprint density at radius 3 is 2.92 bits per heavy atom. The fourth-order valence-corrected chi connectivity index (χ4v) is 3.49. The Hall–Kier alpha value is -2.15. The van der Waals surface area contributed by atoms with Gasteiger partial charge < -0.3 is 14.5 Å². The molecule has 3 rings (SSSR count). The van der Waals surface area contributed by atoms with Gasteiger partial charge in [0, 0.05) is 6.04 Å². The van der Waals surface area contributed by atoms with Crippen LogP contribution in [0.25, 0.3) is 0 Å². The average molecular weight is 375 g/mol. The summed E-state index contributed by atoms with van der Waals surface area (Å²) in [5, 5.41) is 7.37. The molecule has 1 aromatic heterocycles. The molecular formula is C19H25N3O3S. The number of hydrogen-bond donors (Lipinski definition) is 1. The molecule has 1 amide bonds.